The number of hydrogen-bond acceptors (Lipinski definition) is 3. The van der Waals surface area contributed by atoms with E-state index in [4.69, 9.17) is 27.9 Å². The van der Waals surface area contributed by atoms with Gasteiger partial charge in [0.1, 0.15) is 5.75 Å². The zero-order valence-corrected chi connectivity index (χ0v) is 16.0. The van der Waals surface area contributed by atoms with E-state index in [9.17, 15) is 0 Å². The maximum Gasteiger partial charge on any atom is 0.138 e. The molecule has 0 spiro atoms. The molecule has 0 amide bonds. The van der Waals surface area contributed by atoms with E-state index in [0.717, 1.165) is 11.3 Å². The monoisotopic (exact) mass is 422 g/mol. The summed E-state index contributed by atoms with van der Waals surface area (Å²) in [5, 5.41) is 1.25. The topological polar surface area (TPSA) is 9.23 Å². The summed E-state index contributed by atoms with van der Waals surface area (Å²) in [5.41, 5.74) is 2.44. The Hall–Kier alpha value is 0.130. The molecular formula is C15H13BrCl2OS2. The van der Waals surface area contributed by atoms with E-state index in [1.807, 2.05) is 29.2 Å². The molecule has 21 heavy (non-hydrogen) atoms. The molecule has 6 heteroatoms. The summed E-state index contributed by atoms with van der Waals surface area (Å²) >= 11 is 20.3. The van der Waals surface area contributed by atoms with Gasteiger partial charge in [0.25, 0.3) is 0 Å². The van der Waals surface area contributed by atoms with Gasteiger partial charge in [0.2, 0.25) is 0 Å². The molecule has 0 radical (unpaired) electrons. The standard InChI is InChI=1S/C15H13BrCl2OS2/c1-19-12-6-10(17)9(5-11(12)18)15(16)14-4-8-7-20-3-2-13(8)21-14/h4-6,15H,2-3,7H2,1H3. The summed E-state index contributed by atoms with van der Waals surface area (Å²) in [7, 11) is 1.59. The van der Waals surface area contributed by atoms with Gasteiger partial charge in [-0.2, -0.15) is 11.8 Å². The normalized spacial score (nSPS) is 15.6. The zero-order valence-electron chi connectivity index (χ0n) is 11.3. The Morgan fingerprint density at radius 1 is 1.24 bits per heavy atom. The Balaban J connectivity index is 1.96. The van der Waals surface area contributed by atoms with E-state index in [-0.39, 0.29) is 4.83 Å². The maximum absolute atomic E-state index is 6.38. The van der Waals surface area contributed by atoms with Gasteiger partial charge in [-0.05, 0) is 35.4 Å². The maximum atomic E-state index is 6.38. The second kappa shape index (κ2) is 6.71. The number of thioether (sulfide) groups is 1. The third-order valence-electron chi connectivity index (χ3n) is 3.44. The molecule has 0 N–H and O–H groups in total. The first-order valence-electron chi connectivity index (χ1n) is 6.46. The highest BCUT2D eigenvalue weighted by Gasteiger charge is 2.21. The molecule has 3 rings (SSSR count). The van der Waals surface area contributed by atoms with E-state index in [2.05, 4.69) is 22.0 Å². The summed E-state index contributed by atoms with van der Waals surface area (Å²) in [5.74, 6) is 2.93. The second-order valence-corrected chi connectivity index (χ2v) is 8.77. The average Bonchev–Trinajstić information content (AvgIpc) is 2.92. The molecule has 1 aliphatic heterocycles. The minimum atomic E-state index is 0.0639. The number of thiophene rings is 1. The smallest absolute Gasteiger partial charge is 0.138 e. The fraction of sp³-hybridized carbons (Fsp3) is 0.333. The van der Waals surface area contributed by atoms with Gasteiger partial charge in [0, 0.05) is 26.6 Å². The van der Waals surface area contributed by atoms with Crippen LogP contribution in [-0.4, -0.2) is 12.9 Å². The van der Waals surface area contributed by atoms with Gasteiger partial charge in [0.05, 0.1) is 17.0 Å². The van der Waals surface area contributed by atoms with Crippen LogP contribution in [0.5, 0.6) is 5.75 Å². The van der Waals surface area contributed by atoms with Crippen LogP contribution in [-0.2, 0) is 12.2 Å². The fourth-order valence-electron chi connectivity index (χ4n) is 2.34. The number of hydrogen-bond donors (Lipinski definition) is 0. The fourth-order valence-corrected chi connectivity index (χ4v) is 6.15. The summed E-state index contributed by atoms with van der Waals surface area (Å²) in [6.45, 7) is 0. The molecule has 0 fully saturated rings. The molecule has 1 aromatic heterocycles. The van der Waals surface area contributed by atoms with Crippen LogP contribution in [0.2, 0.25) is 10.0 Å². The summed E-state index contributed by atoms with van der Waals surface area (Å²) in [4.78, 5) is 2.85. The molecule has 1 unspecified atom stereocenters. The first kappa shape index (κ1) is 16.0. The van der Waals surface area contributed by atoms with Crippen LogP contribution in [0.25, 0.3) is 0 Å². The SMILES string of the molecule is COc1cc(Cl)c(C(Br)c2cc3c(s2)CCSC3)cc1Cl. The number of aryl methyl sites for hydroxylation is 1. The van der Waals surface area contributed by atoms with Crippen molar-refractivity contribution in [3.05, 3.63) is 49.1 Å². The predicted octanol–water partition coefficient (Wildman–Crippen LogP) is 6.34. The number of rotatable bonds is 3. The van der Waals surface area contributed by atoms with Gasteiger partial charge in [-0.3, -0.25) is 0 Å². The van der Waals surface area contributed by atoms with Crippen molar-refractivity contribution in [1.82, 2.24) is 0 Å². The lowest BCUT2D eigenvalue weighted by molar-refractivity contribution is 0.415. The minimum Gasteiger partial charge on any atom is -0.495 e. The lowest BCUT2D eigenvalue weighted by atomic mass is 10.1. The van der Waals surface area contributed by atoms with Crippen LogP contribution in [0.3, 0.4) is 0 Å². The first-order valence-corrected chi connectivity index (χ1v) is 10.1. The zero-order chi connectivity index (χ0) is 15.0. The minimum absolute atomic E-state index is 0.0639. The van der Waals surface area contributed by atoms with Gasteiger partial charge in [-0.25, -0.2) is 0 Å². The molecule has 2 heterocycles. The quantitative estimate of drug-likeness (QED) is 0.532. The third kappa shape index (κ3) is 3.25. The van der Waals surface area contributed by atoms with Crippen LogP contribution >= 0.6 is 62.2 Å². The molecule has 1 atom stereocenters. The van der Waals surface area contributed by atoms with Crippen LogP contribution in [0, 0.1) is 0 Å². The molecule has 0 bridgehead atoms. The van der Waals surface area contributed by atoms with E-state index in [0.29, 0.717) is 15.8 Å². The summed E-state index contributed by atoms with van der Waals surface area (Å²) < 4.78 is 5.20. The summed E-state index contributed by atoms with van der Waals surface area (Å²) in [6, 6.07) is 5.95. The molecule has 0 saturated carbocycles. The number of halogens is 3. The molecular weight excluding hydrogens is 411 g/mol. The van der Waals surface area contributed by atoms with Crippen molar-refractivity contribution in [3.8, 4) is 5.75 Å². The van der Waals surface area contributed by atoms with Crippen molar-refractivity contribution in [1.29, 1.82) is 0 Å². The molecule has 1 aliphatic rings. The third-order valence-corrected chi connectivity index (χ3v) is 7.66. The van der Waals surface area contributed by atoms with Gasteiger partial charge in [-0.1, -0.05) is 39.1 Å². The number of methoxy groups -OCH3 is 1. The number of alkyl halides is 1. The molecule has 112 valence electrons. The van der Waals surface area contributed by atoms with Crippen molar-refractivity contribution in [2.75, 3.05) is 12.9 Å². The van der Waals surface area contributed by atoms with E-state index >= 15 is 0 Å². The predicted molar refractivity (Wildman–Crippen MR) is 98.0 cm³/mol. The highest BCUT2D eigenvalue weighted by Crippen LogP contribution is 2.44. The lowest BCUT2D eigenvalue weighted by Gasteiger charge is -2.13. The number of ether oxygens (including phenoxy) is 1. The largest absolute Gasteiger partial charge is 0.495 e. The van der Waals surface area contributed by atoms with Gasteiger partial charge in [-0.15, -0.1) is 11.3 Å². The highest BCUT2D eigenvalue weighted by atomic mass is 79.9. The van der Waals surface area contributed by atoms with Crippen molar-refractivity contribution >= 4 is 62.2 Å². The first-order chi connectivity index (χ1) is 10.1. The average molecular weight is 424 g/mol. The number of fused-ring (bicyclic) bond motifs is 1. The van der Waals surface area contributed by atoms with Crippen LogP contribution < -0.4 is 4.74 Å². The van der Waals surface area contributed by atoms with Crippen LogP contribution in [0.1, 0.15) is 25.7 Å². The van der Waals surface area contributed by atoms with Gasteiger partial charge in [0.15, 0.2) is 0 Å². The molecule has 1 aromatic carbocycles. The number of benzene rings is 1. The lowest BCUT2D eigenvalue weighted by Crippen LogP contribution is -1.96. The molecule has 2 aromatic rings. The Morgan fingerprint density at radius 3 is 2.76 bits per heavy atom. The van der Waals surface area contributed by atoms with Gasteiger partial charge < -0.3 is 4.74 Å². The second-order valence-electron chi connectivity index (χ2n) is 4.77. The summed E-state index contributed by atoms with van der Waals surface area (Å²) in [6.07, 6.45) is 1.17. The van der Waals surface area contributed by atoms with Crippen LogP contribution in [0.4, 0.5) is 0 Å². The van der Waals surface area contributed by atoms with Crippen molar-refractivity contribution in [2.45, 2.75) is 17.0 Å². The highest BCUT2D eigenvalue weighted by molar-refractivity contribution is 9.09. The Morgan fingerprint density at radius 2 is 2.05 bits per heavy atom. The van der Waals surface area contributed by atoms with Crippen LogP contribution in [0.15, 0.2) is 18.2 Å². The Kier molecular flexibility index (Phi) is 5.12. The Labute approximate surface area is 151 Å². The van der Waals surface area contributed by atoms with Gasteiger partial charge >= 0.3 is 0 Å². The van der Waals surface area contributed by atoms with Crippen molar-refractivity contribution in [2.24, 2.45) is 0 Å². The molecule has 0 saturated heterocycles. The molecule has 0 aliphatic carbocycles. The van der Waals surface area contributed by atoms with E-state index in [1.54, 1.807) is 13.2 Å². The van der Waals surface area contributed by atoms with Crippen molar-refractivity contribution < 1.29 is 4.74 Å². The Bertz CT molecular complexity index is 648. The van der Waals surface area contributed by atoms with E-state index in [1.165, 1.54) is 27.5 Å². The van der Waals surface area contributed by atoms with E-state index < -0.39 is 0 Å². The molecule has 1 nitrogen and oxygen atoms in total. The van der Waals surface area contributed by atoms with Crippen molar-refractivity contribution in [3.63, 3.8) is 0 Å².